The second-order valence-electron chi connectivity index (χ2n) is 5.57. The zero-order valence-electron chi connectivity index (χ0n) is 11.8. The van der Waals surface area contributed by atoms with Crippen molar-refractivity contribution in [2.75, 3.05) is 19.8 Å². The highest BCUT2D eigenvalue weighted by Gasteiger charge is 2.35. The molecular weight excluding hydrogens is 254 g/mol. The minimum Gasteiger partial charge on any atom is -0.370 e. The Bertz CT molecular complexity index is 456. The van der Waals surface area contributed by atoms with Gasteiger partial charge in [0.15, 0.2) is 0 Å². The summed E-state index contributed by atoms with van der Waals surface area (Å²) in [7, 11) is 0. The third-order valence-electron chi connectivity index (χ3n) is 4.09. The fraction of sp³-hybridized carbons (Fsp3) is 0.562. The van der Waals surface area contributed by atoms with E-state index in [1.54, 1.807) is 0 Å². The van der Waals surface area contributed by atoms with Gasteiger partial charge in [-0.3, -0.25) is 4.79 Å². The number of hydrogen-bond donors (Lipinski definition) is 0. The van der Waals surface area contributed by atoms with Gasteiger partial charge in [0.05, 0.1) is 19.2 Å². The van der Waals surface area contributed by atoms with Crippen LogP contribution in [0.5, 0.6) is 0 Å². The number of nitrogens with zero attached hydrogens (tertiary/aromatic N) is 1. The molecular formula is C16H21NO3. The standard InChI is InChI=1S/C16H21NO3/c1-12-11-20-15(13-6-3-2-4-7-13)10-17(12)16(18)14-8-5-9-19-14/h2-4,6-7,12,14-15H,5,8-11H2,1H3/t12-,14-,15-/m1/s1. The quantitative estimate of drug-likeness (QED) is 0.830. The molecule has 0 N–H and O–H groups in total. The van der Waals surface area contributed by atoms with Gasteiger partial charge in [0, 0.05) is 6.61 Å². The number of amides is 1. The molecule has 1 aromatic rings. The molecule has 20 heavy (non-hydrogen) atoms. The predicted octanol–water partition coefficient (Wildman–Crippen LogP) is 2.15. The molecule has 3 atom stereocenters. The number of benzene rings is 1. The molecule has 2 heterocycles. The van der Waals surface area contributed by atoms with Crippen LogP contribution in [-0.2, 0) is 14.3 Å². The van der Waals surface area contributed by atoms with Gasteiger partial charge in [-0.25, -0.2) is 0 Å². The molecule has 3 rings (SSSR count). The summed E-state index contributed by atoms with van der Waals surface area (Å²) in [5.74, 6) is 0.124. The number of morpholine rings is 1. The van der Waals surface area contributed by atoms with Crippen LogP contribution < -0.4 is 0 Å². The van der Waals surface area contributed by atoms with Crippen LogP contribution in [-0.4, -0.2) is 42.7 Å². The molecule has 4 nitrogen and oxygen atoms in total. The summed E-state index contributed by atoms with van der Waals surface area (Å²) in [5, 5.41) is 0. The van der Waals surface area contributed by atoms with E-state index in [-0.39, 0.29) is 24.2 Å². The van der Waals surface area contributed by atoms with E-state index >= 15 is 0 Å². The maximum absolute atomic E-state index is 12.5. The van der Waals surface area contributed by atoms with Crippen LogP contribution in [0.1, 0.15) is 31.4 Å². The van der Waals surface area contributed by atoms with Crippen molar-refractivity contribution in [1.82, 2.24) is 4.90 Å². The number of hydrogen-bond acceptors (Lipinski definition) is 3. The van der Waals surface area contributed by atoms with E-state index in [9.17, 15) is 4.79 Å². The van der Waals surface area contributed by atoms with E-state index in [1.807, 2.05) is 30.0 Å². The fourth-order valence-electron chi connectivity index (χ4n) is 2.89. The summed E-state index contributed by atoms with van der Waals surface area (Å²) in [5.41, 5.74) is 1.13. The molecule has 108 valence electrons. The minimum absolute atomic E-state index is 0.0299. The van der Waals surface area contributed by atoms with Gasteiger partial charge in [-0.15, -0.1) is 0 Å². The first-order valence-electron chi connectivity index (χ1n) is 7.34. The van der Waals surface area contributed by atoms with Crippen molar-refractivity contribution in [2.45, 2.75) is 38.0 Å². The predicted molar refractivity (Wildman–Crippen MR) is 75.3 cm³/mol. The van der Waals surface area contributed by atoms with E-state index < -0.39 is 0 Å². The van der Waals surface area contributed by atoms with Crippen molar-refractivity contribution in [3.05, 3.63) is 35.9 Å². The van der Waals surface area contributed by atoms with Crippen molar-refractivity contribution in [3.63, 3.8) is 0 Å². The Labute approximate surface area is 119 Å². The van der Waals surface area contributed by atoms with E-state index in [4.69, 9.17) is 9.47 Å². The van der Waals surface area contributed by atoms with Gasteiger partial charge in [0.1, 0.15) is 12.2 Å². The first-order valence-corrected chi connectivity index (χ1v) is 7.34. The molecule has 2 aliphatic heterocycles. The highest BCUT2D eigenvalue weighted by Crippen LogP contribution is 2.26. The lowest BCUT2D eigenvalue weighted by molar-refractivity contribution is -0.154. The third kappa shape index (κ3) is 2.72. The van der Waals surface area contributed by atoms with Crippen LogP contribution in [0.3, 0.4) is 0 Å². The second-order valence-corrected chi connectivity index (χ2v) is 5.57. The van der Waals surface area contributed by atoms with E-state index in [0.717, 1.165) is 18.4 Å². The minimum atomic E-state index is -0.244. The Morgan fingerprint density at radius 1 is 1.25 bits per heavy atom. The topological polar surface area (TPSA) is 38.8 Å². The smallest absolute Gasteiger partial charge is 0.252 e. The molecule has 2 fully saturated rings. The molecule has 0 spiro atoms. The molecule has 2 saturated heterocycles. The molecule has 0 aromatic heterocycles. The van der Waals surface area contributed by atoms with Gasteiger partial charge >= 0.3 is 0 Å². The number of ether oxygens (including phenoxy) is 2. The molecule has 0 radical (unpaired) electrons. The van der Waals surface area contributed by atoms with Crippen molar-refractivity contribution in [1.29, 1.82) is 0 Å². The van der Waals surface area contributed by atoms with Crippen molar-refractivity contribution >= 4 is 5.91 Å². The molecule has 1 amide bonds. The second kappa shape index (κ2) is 5.94. The molecule has 2 aliphatic rings. The van der Waals surface area contributed by atoms with E-state index in [2.05, 4.69) is 12.1 Å². The van der Waals surface area contributed by atoms with Crippen LogP contribution in [0.4, 0.5) is 0 Å². The number of carbonyl (C=O) groups is 1. The number of carbonyl (C=O) groups excluding carboxylic acids is 1. The van der Waals surface area contributed by atoms with Crippen LogP contribution in [0.25, 0.3) is 0 Å². The molecule has 0 bridgehead atoms. The zero-order chi connectivity index (χ0) is 13.9. The summed E-state index contributed by atoms with van der Waals surface area (Å²) in [6.45, 7) is 3.94. The first kappa shape index (κ1) is 13.6. The molecule has 0 saturated carbocycles. The average molecular weight is 275 g/mol. The summed E-state index contributed by atoms with van der Waals surface area (Å²) in [4.78, 5) is 14.5. The van der Waals surface area contributed by atoms with Gasteiger partial charge in [-0.1, -0.05) is 30.3 Å². The molecule has 1 aromatic carbocycles. The maximum Gasteiger partial charge on any atom is 0.252 e. The van der Waals surface area contributed by atoms with Crippen LogP contribution in [0.15, 0.2) is 30.3 Å². The lowest BCUT2D eigenvalue weighted by atomic mass is 10.1. The lowest BCUT2D eigenvalue weighted by Gasteiger charge is -2.39. The first-order chi connectivity index (χ1) is 9.75. The average Bonchev–Trinajstić information content (AvgIpc) is 3.02. The van der Waals surface area contributed by atoms with E-state index in [0.29, 0.717) is 19.8 Å². The van der Waals surface area contributed by atoms with Crippen molar-refractivity contribution in [2.24, 2.45) is 0 Å². The zero-order valence-corrected chi connectivity index (χ0v) is 11.8. The van der Waals surface area contributed by atoms with Gasteiger partial charge < -0.3 is 14.4 Å². The van der Waals surface area contributed by atoms with Crippen LogP contribution in [0, 0.1) is 0 Å². The molecule has 4 heteroatoms. The van der Waals surface area contributed by atoms with E-state index in [1.165, 1.54) is 0 Å². The SMILES string of the molecule is C[C@@H]1CO[C@@H](c2ccccc2)CN1C(=O)[C@H]1CCCO1. The fourth-order valence-corrected chi connectivity index (χ4v) is 2.89. The summed E-state index contributed by atoms with van der Waals surface area (Å²) >= 11 is 0. The molecule has 0 aliphatic carbocycles. The van der Waals surface area contributed by atoms with Crippen LogP contribution in [0.2, 0.25) is 0 Å². The monoisotopic (exact) mass is 275 g/mol. The normalized spacial score (nSPS) is 30.4. The summed E-state index contributed by atoms with van der Waals surface area (Å²) < 4.78 is 11.4. The summed E-state index contributed by atoms with van der Waals surface area (Å²) in [6.07, 6.45) is 1.56. The number of rotatable bonds is 2. The Morgan fingerprint density at radius 3 is 2.75 bits per heavy atom. The van der Waals surface area contributed by atoms with Gasteiger partial charge in [-0.05, 0) is 25.3 Å². The summed E-state index contributed by atoms with van der Waals surface area (Å²) in [6, 6.07) is 10.2. The Morgan fingerprint density at radius 2 is 2.05 bits per heavy atom. The largest absolute Gasteiger partial charge is 0.370 e. The highest BCUT2D eigenvalue weighted by atomic mass is 16.5. The van der Waals surface area contributed by atoms with Crippen LogP contribution >= 0.6 is 0 Å². The Hall–Kier alpha value is -1.39. The van der Waals surface area contributed by atoms with Crippen molar-refractivity contribution in [3.8, 4) is 0 Å². The maximum atomic E-state index is 12.5. The van der Waals surface area contributed by atoms with Gasteiger partial charge in [-0.2, -0.15) is 0 Å². The lowest BCUT2D eigenvalue weighted by Crippen LogP contribution is -2.51. The Balaban J connectivity index is 1.71. The molecule has 0 unspecified atom stereocenters. The Kier molecular flexibility index (Phi) is 4.03. The highest BCUT2D eigenvalue weighted by molar-refractivity contribution is 5.81. The van der Waals surface area contributed by atoms with Gasteiger partial charge in [0.25, 0.3) is 5.91 Å². The van der Waals surface area contributed by atoms with Crippen molar-refractivity contribution < 1.29 is 14.3 Å². The van der Waals surface area contributed by atoms with Gasteiger partial charge in [0.2, 0.25) is 0 Å². The third-order valence-corrected chi connectivity index (χ3v) is 4.09.